The van der Waals surface area contributed by atoms with E-state index in [1.807, 2.05) is 12.1 Å². The Balaban J connectivity index is 1.51. The molecule has 0 bridgehead atoms. The Morgan fingerprint density at radius 1 is 0.413 bits per heavy atom. The van der Waals surface area contributed by atoms with Gasteiger partial charge in [-0.1, -0.05) is 121 Å². The first-order valence-corrected chi connectivity index (χ1v) is 14.2. The highest BCUT2D eigenvalue weighted by Crippen LogP contribution is 2.42. The van der Waals surface area contributed by atoms with Gasteiger partial charge in [-0.2, -0.15) is 0 Å². The Hall–Kier alpha value is -6.12. The van der Waals surface area contributed by atoms with Crippen molar-refractivity contribution in [3.8, 4) is 22.5 Å². The van der Waals surface area contributed by atoms with E-state index in [9.17, 15) is 12.3 Å². The van der Waals surface area contributed by atoms with Gasteiger partial charge in [0.2, 0.25) is 0 Å². The predicted octanol–water partition coefficient (Wildman–Crippen LogP) is 11.9. The molecule has 0 spiro atoms. The number of aromatic nitrogens is 2. The van der Waals surface area contributed by atoms with E-state index < -0.39 is 165 Å². The van der Waals surface area contributed by atoms with Gasteiger partial charge in [0.05, 0.1) is 50.9 Å². The van der Waals surface area contributed by atoms with Crippen LogP contribution in [0.4, 0.5) is 0 Å². The van der Waals surface area contributed by atoms with Crippen molar-refractivity contribution in [1.29, 1.82) is 0 Å². The van der Waals surface area contributed by atoms with Crippen molar-refractivity contribution in [2.75, 3.05) is 0 Å². The van der Waals surface area contributed by atoms with Gasteiger partial charge >= 0.3 is 0 Å². The van der Waals surface area contributed by atoms with Gasteiger partial charge in [0.15, 0.2) is 0 Å². The van der Waals surface area contributed by atoms with E-state index in [4.69, 9.17) is 16.4 Å². The lowest BCUT2D eigenvalue weighted by atomic mass is 10.0. The lowest BCUT2D eigenvalue weighted by Gasteiger charge is -2.12. The van der Waals surface area contributed by atoms with Gasteiger partial charge in [-0.3, -0.25) is 0 Å². The highest BCUT2D eigenvalue weighted by atomic mass is 15.0. The highest BCUT2D eigenvalue weighted by Gasteiger charge is 2.21. The fourth-order valence-corrected chi connectivity index (χ4v) is 6.10. The van der Waals surface area contributed by atoms with E-state index in [-0.39, 0.29) is 38.4 Å². The largest absolute Gasteiger partial charge is 0.309 e. The number of hydrogen-bond donors (Lipinski definition) is 0. The van der Waals surface area contributed by atoms with Crippen LogP contribution in [0.25, 0.3) is 87.7 Å². The zero-order valence-electron chi connectivity index (χ0n) is 44.4. The number of nitrogens with zero attached hydrogens (tertiary/aromatic N) is 2. The number of benzene rings is 8. The van der Waals surface area contributed by atoms with Gasteiger partial charge in [0, 0.05) is 32.9 Å². The van der Waals surface area contributed by atoms with Crippen LogP contribution in [0.2, 0.25) is 0 Å². The zero-order valence-corrected chi connectivity index (χ0v) is 23.4. The smallest absolute Gasteiger partial charge is 0.0651 e. The molecular formula is C44H28N2. The molecule has 8 aromatic carbocycles. The van der Waals surface area contributed by atoms with Crippen LogP contribution in [0.1, 0.15) is 28.8 Å². The monoisotopic (exact) mass is 605 g/mol. The Morgan fingerprint density at radius 2 is 1.15 bits per heavy atom. The summed E-state index contributed by atoms with van der Waals surface area (Å²) in [6.45, 7) is 0. The minimum atomic E-state index is -0.947. The molecule has 2 aromatic heterocycles. The normalized spacial score (nSPS) is 18.3. The number of rotatable bonds is 3. The van der Waals surface area contributed by atoms with Crippen molar-refractivity contribution in [2.24, 2.45) is 0 Å². The highest BCUT2D eigenvalue weighted by molar-refractivity contribution is 6.26. The first kappa shape index (κ1) is 12.3. The van der Waals surface area contributed by atoms with E-state index in [0.29, 0.717) is 5.39 Å². The van der Waals surface area contributed by atoms with E-state index >= 15 is 0 Å². The number of fused-ring (bicyclic) bond motifs is 9. The van der Waals surface area contributed by atoms with Crippen LogP contribution in [-0.4, -0.2) is 9.13 Å². The number of para-hydroxylation sites is 2. The summed E-state index contributed by atoms with van der Waals surface area (Å²) >= 11 is 0. The third kappa shape index (κ3) is 3.65. The topological polar surface area (TPSA) is 9.86 Å². The quantitative estimate of drug-likeness (QED) is 0.190. The molecule has 2 heteroatoms. The van der Waals surface area contributed by atoms with Gasteiger partial charge in [-0.25, -0.2) is 0 Å². The van der Waals surface area contributed by atoms with Gasteiger partial charge in [0.1, 0.15) is 0 Å². The van der Waals surface area contributed by atoms with Crippen LogP contribution < -0.4 is 0 Å². The Kier molecular flexibility index (Phi) is 2.60. The van der Waals surface area contributed by atoms with Crippen LogP contribution in [0.15, 0.2) is 169 Å². The molecule has 0 aliphatic heterocycles. The maximum absolute atomic E-state index is 9.85. The maximum Gasteiger partial charge on any atom is 0.0651 e. The molecule has 0 unspecified atom stereocenters. The molecule has 0 amide bonds. The molecule has 46 heavy (non-hydrogen) atoms. The van der Waals surface area contributed by atoms with E-state index in [1.165, 1.54) is 4.57 Å². The SMILES string of the molecule is [2H]c1c([2H])c(-c2c([2H])c([2H])c3c([2H])c([2H])c([2H])c([2H])c3c2[2H])c([2H])c(-n2c3c([2H])c([2H])c([2H])c([2H])c3c3c([2H])c([2H])c4c(c5c([2H])c([2H])c([2H])c([2H])c5n4-c4ccc5ccccc5c4)c32)c1[2H]. The van der Waals surface area contributed by atoms with Crippen molar-refractivity contribution in [2.45, 2.75) is 0 Å². The van der Waals surface area contributed by atoms with Crippen LogP contribution in [0, 0.1) is 0 Å². The summed E-state index contributed by atoms with van der Waals surface area (Å²) in [5, 5.41) is -0.733. The van der Waals surface area contributed by atoms with Crippen LogP contribution in [-0.2, 0) is 0 Å². The summed E-state index contributed by atoms with van der Waals surface area (Å²) in [7, 11) is 0. The predicted molar refractivity (Wildman–Crippen MR) is 196 cm³/mol. The first-order valence-electron chi connectivity index (χ1n) is 24.7. The molecule has 0 saturated heterocycles. The summed E-state index contributed by atoms with van der Waals surface area (Å²) in [5.74, 6) is 0. The Morgan fingerprint density at radius 3 is 2.04 bits per heavy atom. The molecule has 2 heterocycles. The second-order valence-electron chi connectivity index (χ2n) is 10.6. The van der Waals surface area contributed by atoms with Gasteiger partial charge < -0.3 is 9.13 Å². The molecule has 10 aromatic rings. The molecule has 214 valence electrons. The van der Waals surface area contributed by atoms with Gasteiger partial charge in [-0.05, 0) is 81.1 Å². The van der Waals surface area contributed by atoms with Crippen molar-refractivity contribution < 1.29 is 28.8 Å². The molecule has 0 fully saturated rings. The molecule has 10 rings (SSSR count). The molecule has 0 N–H and O–H groups in total. The van der Waals surface area contributed by atoms with Crippen molar-refractivity contribution in [1.82, 2.24) is 9.13 Å². The second kappa shape index (κ2) is 9.69. The average Bonchev–Trinajstić information content (AvgIpc) is 3.85. The van der Waals surface area contributed by atoms with Gasteiger partial charge in [-0.15, -0.1) is 0 Å². The van der Waals surface area contributed by atoms with E-state index in [2.05, 4.69) is 0 Å². The lowest BCUT2D eigenvalue weighted by molar-refractivity contribution is 1.18. The molecular weight excluding hydrogens is 556 g/mol. The molecule has 0 aliphatic rings. The Bertz CT molecular complexity index is 4000. The van der Waals surface area contributed by atoms with E-state index in [1.54, 1.807) is 30.3 Å². The molecule has 0 radical (unpaired) electrons. The minimum Gasteiger partial charge on any atom is -0.309 e. The molecule has 0 aliphatic carbocycles. The Labute approximate surface area is 295 Å². The number of hydrogen-bond acceptors (Lipinski definition) is 0. The van der Waals surface area contributed by atoms with Crippen LogP contribution >= 0.6 is 0 Å². The van der Waals surface area contributed by atoms with Crippen LogP contribution in [0.5, 0.6) is 0 Å². The summed E-state index contributed by atoms with van der Waals surface area (Å²) in [6, 6.07) is -3.73. The summed E-state index contributed by atoms with van der Waals surface area (Å²) in [4.78, 5) is 0. The third-order valence-electron chi connectivity index (χ3n) is 8.07. The average molecular weight is 606 g/mol. The molecule has 0 saturated carbocycles. The first-order chi connectivity index (χ1) is 31.6. The third-order valence-corrected chi connectivity index (χ3v) is 8.07. The molecule has 2 nitrogen and oxygen atoms in total. The summed E-state index contributed by atoms with van der Waals surface area (Å²) in [5.41, 5.74) is -3.07. The zero-order chi connectivity index (χ0) is 48.5. The van der Waals surface area contributed by atoms with Gasteiger partial charge in [0.25, 0.3) is 0 Å². The van der Waals surface area contributed by atoms with E-state index in [0.717, 1.165) is 9.95 Å². The second-order valence-corrected chi connectivity index (χ2v) is 10.6. The van der Waals surface area contributed by atoms with Crippen molar-refractivity contribution in [3.05, 3.63) is 169 Å². The lowest BCUT2D eigenvalue weighted by Crippen LogP contribution is -1.96. The molecule has 0 atom stereocenters. The van der Waals surface area contributed by atoms with Crippen molar-refractivity contribution in [3.63, 3.8) is 0 Å². The maximum atomic E-state index is 9.85. The summed E-state index contributed by atoms with van der Waals surface area (Å²) in [6.07, 6.45) is 0. The fourth-order valence-electron chi connectivity index (χ4n) is 6.10. The van der Waals surface area contributed by atoms with Crippen LogP contribution in [0.3, 0.4) is 0 Å². The minimum absolute atomic E-state index is 0.171. The summed E-state index contributed by atoms with van der Waals surface area (Å²) < 4.78 is 192. The standard InChI is InChI=1S/C44H28N2/c1-3-12-31-26-34(21-20-29(31)10-1)33-14-9-15-35(28-33)46-40-18-7-5-16-37(40)38-24-25-42-43(44(38)46)39-17-6-8-19-41(39)45(42)36-23-22-30-11-2-4-13-32(30)27-36/h1-28H/i1D,3D,5D,6D,7D,8D,9D,10D,12D,14D,15D,16D,17D,18D,19D,20D,21D,24D,25D,26D,28D. The van der Waals surface area contributed by atoms with Crippen molar-refractivity contribution >= 4 is 65.2 Å². The fraction of sp³-hybridized carbons (Fsp3) is 0.